The van der Waals surface area contributed by atoms with Gasteiger partial charge in [-0.15, -0.1) is 5.10 Å². The van der Waals surface area contributed by atoms with Crippen molar-refractivity contribution in [3.63, 3.8) is 0 Å². The average molecular weight is 223 g/mol. The fourth-order valence-corrected chi connectivity index (χ4v) is 2.22. The van der Waals surface area contributed by atoms with E-state index in [0.29, 0.717) is 6.42 Å². The van der Waals surface area contributed by atoms with Gasteiger partial charge in [-0.1, -0.05) is 5.21 Å². The smallest absolute Gasteiger partial charge is 0.222 e. The Hall–Kier alpha value is -1.43. The number of carbonyl (C=O) groups excluding carboxylic acids is 1. The van der Waals surface area contributed by atoms with Gasteiger partial charge in [-0.3, -0.25) is 9.48 Å². The number of carbonyl (C=O) groups is 1. The van der Waals surface area contributed by atoms with Crippen LogP contribution < -0.4 is 11.1 Å². The Morgan fingerprint density at radius 1 is 1.75 bits per heavy atom. The molecule has 16 heavy (non-hydrogen) atoms. The molecule has 0 radical (unpaired) electrons. The quantitative estimate of drug-likeness (QED) is 0.703. The van der Waals surface area contributed by atoms with Crippen LogP contribution in [0.3, 0.4) is 0 Å². The zero-order valence-corrected chi connectivity index (χ0v) is 9.39. The number of piperidine rings is 1. The van der Waals surface area contributed by atoms with Crippen LogP contribution in [0.2, 0.25) is 0 Å². The number of nitrogens with one attached hydrogen (secondary N) is 1. The van der Waals surface area contributed by atoms with Gasteiger partial charge in [0.1, 0.15) is 0 Å². The summed E-state index contributed by atoms with van der Waals surface area (Å²) in [5.41, 5.74) is 6.29. The summed E-state index contributed by atoms with van der Waals surface area (Å²) in [5.74, 6) is -0.308. The molecule has 1 fully saturated rings. The predicted molar refractivity (Wildman–Crippen MR) is 58.4 cm³/mol. The van der Waals surface area contributed by atoms with Crippen molar-refractivity contribution in [1.29, 1.82) is 0 Å². The Bertz CT molecular complexity index is 375. The second-order valence-corrected chi connectivity index (χ2v) is 4.30. The van der Waals surface area contributed by atoms with Crippen molar-refractivity contribution >= 4 is 5.91 Å². The summed E-state index contributed by atoms with van der Waals surface area (Å²) in [5, 5.41) is 11.2. The Labute approximate surface area is 94.2 Å². The third-order valence-electron chi connectivity index (χ3n) is 3.03. The van der Waals surface area contributed by atoms with E-state index in [1.807, 2.05) is 13.2 Å². The Morgan fingerprint density at radius 2 is 2.56 bits per heavy atom. The van der Waals surface area contributed by atoms with Crippen molar-refractivity contribution < 1.29 is 4.79 Å². The van der Waals surface area contributed by atoms with Crippen molar-refractivity contribution in [1.82, 2.24) is 20.3 Å². The van der Waals surface area contributed by atoms with Crippen LogP contribution in [0.1, 0.15) is 18.5 Å². The first kappa shape index (κ1) is 11.1. The molecule has 1 saturated heterocycles. The van der Waals surface area contributed by atoms with Crippen LogP contribution in [0.25, 0.3) is 0 Å². The Balaban J connectivity index is 2.03. The van der Waals surface area contributed by atoms with E-state index in [2.05, 4.69) is 15.6 Å². The molecule has 0 spiro atoms. The molecule has 6 nitrogen and oxygen atoms in total. The maximum absolute atomic E-state index is 11.3. The van der Waals surface area contributed by atoms with E-state index in [9.17, 15) is 4.79 Å². The minimum atomic E-state index is -0.221. The summed E-state index contributed by atoms with van der Waals surface area (Å²) in [6.45, 7) is 0.939. The first-order valence-corrected chi connectivity index (χ1v) is 5.54. The van der Waals surface area contributed by atoms with E-state index in [0.717, 1.165) is 25.1 Å². The number of aromatic nitrogens is 3. The zero-order valence-electron chi connectivity index (χ0n) is 9.39. The van der Waals surface area contributed by atoms with Crippen LogP contribution in [-0.4, -0.2) is 33.5 Å². The summed E-state index contributed by atoms with van der Waals surface area (Å²) < 4.78 is 1.66. The van der Waals surface area contributed by atoms with Crippen LogP contribution in [0.5, 0.6) is 0 Å². The van der Waals surface area contributed by atoms with Gasteiger partial charge in [0.2, 0.25) is 5.91 Å². The van der Waals surface area contributed by atoms with E-state index in [1.54, 1.807) is 4.68 Å². The normalized spacial score (nSPS) is 25.6. The van der Waals surface area contributed by atoms with E-state index in [1.165, 1.54) is 0 Å². The highest BCUT2D eigenvalue weighted by Crippen LogP contribution is 2.18. The average Bonchev–Trinajstić information content (AvgIpc) is 2.64. The number of nitrogens with zero attached hydrogens (tertiary/aromatic N) is 3. The first-order valence-electron chi connectivity index (χ1n) is 5.54. The SMILES string of the molecule is Cn1cc(CC2NCCCC2C(N)=O)nn1. The standard InChI is InChI=1S/C10H17N5O/c1-15-6-7(13-14-15)5-9-8(10(11)16)3-2-4-12-9/h6,8-9,12H,2-5H2,1H3,(H2,11,16). The molecule has 88 valence electrons. The van der Waals surface area contributed by atoms with E-state index >= 15 is 0 Å². The third-order valence-corrected chi connectivity index (χ3v) is 3.03. The number of nitrogens with two attached hydrogens (primary N) is 1. The van der Waals surface area contributed by atoms with E-state index in [-0.39, 0.29) is 17.9 Å². The maximum Gasteiger partial charge on any atom is 0.222 e. The largest absolute Gasteiger partial charge is 0.369 e. The van der Waals surface area contributed by atoms with E-state index < -0.39 is 0 Å². The summed E-state index contributed by atoms with van der Waals surface area (Å²) in [6, 6.07) is 0.1000. The molecule has 2 rings (SSSR count). The molecule has 3 N–H and O–H groups in total. The lowest BCUT2D eigenvalue weighted by Crippen LogP contribution is -2.48. The second kappa shape index (κ2) is 4.61. The second-order valence-electron chi connectivity index (χ2n) is 4.30. The van der Waals surface area contributed by atoms with Gasteiger partial charge in [-0.05, 0) is 19.4 Å². The molecule has 0 aliphatic carbocycles. The molecular formula is C10H17N5O. The van der Waals surface area contributed by atoms with Gasteiger partial charge in [0, 0.05) is 25.7 Å². The number of primary amides is 1. The minimum absolute atomic E-state index is 0.0873. The molecule has 0 bridgehead atoms. The van der Waals surface area contributed by atoms with Crippen molar-refractivity contribution in [2.45, 2.75) is 25.3 Å². The monoisotopic (exact) mass is 223 g/mol. The molecule has 6 heteroatoms. The molecule has 0 saturated carbocycles. The molecule has 2 heterocycles. The van der Waals surface area contributed by atoms with Crippen molar-refractivity contribution in [3.8, 4) is 0 Å². The van der Waals surface area contributed by atoms with Crippen LogP contribution in [0.4, 0.5) is 0 Å². The number of hydrogen-bond donors (Lipinski definition) is 2. The fourth-order valence-electron chi connectivity index (χ4n) is 2.22. The number of amides is 1. The highest BCUT2D eigenvalue weighted by Gasteiger charge is 2.29. The highest BCUT2D eigenvalue weighted by molar-refractivity contribution is 5.77. The van der Waals surface area contributed by atoms with Gasteiger partial charge in [0.15, 0.2) is 0 Å². The molecule has 1 aliphatic rings. The lowest BCUT2D eigenvalue weighted by atomic mass is 9.87. The summed E-state index contributed by atoms with van der Waals surface area (Å²) in [7, 11) is 1.83. The minimum Gasteiger partial charge on any atom is -0.369 e. The molecule has 2 atom stereocenters. The zero-order chi connectivity index (χ0) is 11.5. The summed E-state index contributed by atoms with van der Waals surface area (Å²) >= 11 is 0. The summed E-state index contributed by atoms with van der Waals surface area (Å²) in [6.07, 6.45) is 4.45. The van der Waals surface area contributed by atoms with Crippen molar-refractivity contribution in [3.05, 3.63) is 11.9 Å². The Kier molecular flexibility index (Phi) is 3.19. The molecule has 0 aromatic carbocycles. The number of aryl methyl sites for hydroxylation is 1. The van der Waals surface area contributed by atoms with Crippen molar-refractivity contribution in [2.75, 3.05) is 6.54 Å². The lowest BCUT2D eigenvalue weighted by molar-refractivity contribution is -0.123. The van der Waals surface area contributed by atoms with Crippen LogP contribution in [0.15, 0.2) is 6.20 Å². The van der Waals surface area contributed by atoms with Gasteiger partial charge in [0.25, 0.3) is 0 Å². The van der Waals surface area contributed by atoms with Crippen LogP contribution in [0, 0.1) is 5.92 Å². The molecule has 1 aromatic heterocycles. The van der Waals surface area contributed by atoms with E-state index in [4.69, 9.17) is 5.73 Å². The van der Waals surface area contributed by atoms with Gasteiger partial charge in [-0.2, -0.15) is 0 Å². The number of rotatable bonds is 3. The topological polar surface area (TPSA) is 85.8 Å². The van der Waals surface area contributed by atoms with Gasteiger partial charge in [0.05, 0.1) is 11.6 Å². The molecule has 2 unspecified atom stereocenters. The van der Waals surface area contributed by atoms with Crippen molar-refractivity contribution in [2.24, 2.45) is 18.7 Å². The maximum atomic E-state index is 11.3. The fraction of sp³-hybridized carbons (Fsp3) is 0.700. The molecule has 1 amide bonds. The summed E-state index contributed by atoms with van der Waals surface area (Å²) in [4.78, 5) is 11.3. The highest BCUT2D eigenvalue weighted by atomic mass is 16.1. The van der Waals surface area contributed by atoms with Crippen LogP contribution in [-0.2, 0) is 18.3 Å². The number of hydrogen-bond acceptors (Lipinski definition) is 4. The van der Waals surface area contributed by atoms with Crippen LogP contribution >= 0.6 is 0 Å². The molecule has 1 aliphatic heterocycles. The predicted octanol–water partition coefficient (Wildman–Crippen LogP) is -0.789. The lowest BCUT2D eigenvalue weighted by Gasteiger charge is -2.29. The third kappa shape index (κ3) is 2.38. The molecule has 1 aromatic rings. The van der Waals surface area contributed by atoms with Gasteiger partial charge >= 0.3 is 0 Å². The first-order chi connectivity index (χ1) is 7.66. The molecular weight excluding hydrogens is 206 g/mol. The Morgan fingerprint density at radius 3 is 3.19 bits per heavy atom. The van der Waals surface area contributed by atoms with Gasteiger partial charge < -0.3 is 11.1 Å². The van der Waals surface area contributed by atoms with Gasteiger partial charge in [-0.25, -0.2) is 0 Å².